The minimum absolute atomic E-state index is 0.0309. The van der Waals surface area contributed by atoms with E-state index in [9.17, 15) is 9.59 Å². The van der Waals surface area contributed by atoms with Gasteiger partial charge in [-0.05, 0) is 36.2 Å². The summed E-state index contributed by atoms with van der Waals surface area (Å²) >= 11 is 0. The molecule has 1 N–H and O–H groups in total. The number of amides is 2. The minimum atomic E-state index is -0.241. The van der Waals surface area contributed by atoms with Gasteiger partial charge in [-0.2, -0.15) is 0 Å². The number of aryl methyl sites for hydroxylation is 1. The molecule has 0 spiro atoms. The second kappa shape index (κ2) is 5.36. The normalized spacial score (nSPS) is 13.2. The molecule has 21 heavy (non-hydrogen) atoms. The van der Waals surface area contributed by atoms with Gasteiger partial charge in [0.1, 0.15) is 12.4 Å². The first-order valence-corrected chi connectivity index (χ1v) is 6.73. The van der Waals surface area contributed by atoms with Crippen LogP contribution < -0.4 is 5.32 Å². The Hall–Kier alpha value is -2.69. The monoisotopic (exact) mass is 281 g/mol. The molecule has 1 aromatic carbocycles. The van der Waals surface area contributed by atoms with Crippen LogP contribution in [0, 0.1) is 6.92 Å². The maximum atomic E-state index is 12.2. The molecule has 0 radical (unpaired) electrons. The number of benzene rings is 1. The average molecular weight is 281 g/mol. The number of carbonyl (C=O) groups excluding carboxylic acids is 2. The van der Waals surface area contributed by atoms with Gasteiger partial charge in [0.15, 0.2) is 0 Å². The third kappa shape index (κ3) is 2.76. The largest absolute Gasteiger partial charge is 0.325 e. The number of nitrogens with one attached hydrogen (secondary N) is 1. The Kier molecular flexibility index (Phi) is 3.39. The summed E-state index contributed by atoms with van der Waals surface area (Å²) < 4.78 is 0. The molecule has 1 aromatic heterocycles. The van der Waals surface area contributed by atoms with E-state index in [0.29, 0.717) is 17.9 Å². The number of fused-ring (bicyclic) bond motifs is 1. The predicted molar refractivity (Wildman–Crippen MR) is 78.8 cm³/mol. The van der Waals surface area contributed by atoms with Crippen molar-refractivity contribution in [1.82, 2.24) is 9.88 Å². The van der Waals surface area contributed by atoms with Crippen LogP contribution in [0.2, 0.25) is 0 Å². The lowest BCUT2D eigenvalue weighted by Gasteiger charge is -2.15. The van der Waals surface area contributed by atoms with E-state index in [-0.39, 0.29) is 18.4 Å². The molecule has 106 valence electrons. The zero-order chi connectivity index (χ0) is 14.8. The Balaban J connectivity index is 1.66. The summed E-state index contributed by atoms with van der Waals surface area (Å²) in [7, 11) is 0. The van der Waals surface area contributed by atoms with Crippen LogP contribution in [-0.2, 0) is 11.3 Å². The second-order valence-electron chi connectivity index (χ2n) is 5.08. The van der Waals surface area contributed by atoms with E-state index in [1.54, 1.807) is 18.3 Å². The van der Waals surface area contributed by atoms with Crippen LogP contribution in [0.1, 0.15) is 21.5 Å². The molecule has 0 bridgehead atoms. The van der Waals surface area contributed by atoms with Crippen molar-refractivity contribution in [3.05, 3.63) is 59.3 Å². The van der Waals surface area contributed by atoms with Crippen molar-refractivity contribution in [1.29, 1.82) is 0 Å². The topological polar surface area (TPSA) is 62.3 Å². The highest BCUT2D eigenvalue weighted by Gasteiger charge is 2.28. The fraction of sp³-hybridized carbons (Fsp3) is 0.188. The van der Waals surface area contributed by atoms with E-state index in [2.05, 4.69) is 10.3 Å². The van der Waals surface area contributed by atoms with Gasteiger partial charge in [-0.3, -0.25) is 9.59 Å². The fourth-order valence-corrected chi connectivity index (χ4v) is 2.40. The first kappa shape index (κ1) is 13.3. The molecule has 0 unspecified atom stereocenters. The van der Waals surface area contributed by atoms with Crippen LogP contribution in [0.5, 0.6) is 0 Å². The highest BCUT2D eigenvalue weighted by molar-refractivity contribution is 6.01. The van der Waals surface area contributed by atoms with Gasteiger partial charge in [0.25, 0.3) is 5.91 Å². The Morgan fingerprint density at radius 2 is 2.14 bits per heavy atom. The number of rotatable bonds is 3. The molecule has 2 amide bonds. The van der Waals surface area contributed by atoms with Gasteiger partial charge in [0, 0.05) is 18.3 Å². The van der Waals surface area contributed by atoms with Crippen LogP contribution in [0.15, 0.2) is 42.6 Å². The van der Waals surface area contributed by atoms with Crippen molar-refractivity contribution in [2.75, 3.05) is 11.9 Å². The van der Waals surface area contributed by atoms with Gasteiger partial charge in [-0.1, -0.05) is 18.2 Å². The van der Waals surface area contributed by atoms with Crippen molar-refractivity contribution in [2.45, 2.75) is 13.5 Å². The summed E-state index contributed by atoms with van der Waals surface area (Å²) in [6.45, 7) is 2.44. The number of pyridine rings is 1. The van der Waals surface area contributed by atoms with Crippen LogP contribution in [-0.4, -0.2) is 28.2 Å². The zero-order valence-corrected chi connectivity index (χ0v) is 11.7. The van der Waals surface area contributed by atoms with Gasteiger partial charge in [-0.15, -0.1) is 0 Å². The summed E-state index contributed by atoms with van der Waals surface area (Å²) in [5.41, 5.74) is 2.66. The number of anilines is 1. The number of nitrogens with zero attached hydrogens (tertiary/aromatic N) is 2. The van der Waals surface area contributed by atoms with E-state index < -0.39 is 0 Å². The zero-order valence-electron chi connectivity index (χ0n) is 11.7. The average Bonchev–Trinajstić information content (AvgIpc) is 2.76. The van der Waals surface area contributed by atoms with Crippen molar-refractivity contribution in [3.63, 3.8) is 0 Å². The molecule has 0 fully saturated rings. The minimum Gasteiger partial charge on any atom is -0.325 e. The van der Waals surface area contributed by atoms with E-state index in [1.165, 1.54) is 4.90 Å². The standard InChI is InChI=1S/C16H15N3O2/c1-11-6-7-17-14(8-11)18-15(20)10-19-9-12-4-2-3-5-13(12)16(19)21/h2-8H,9-10H2,1H3,(H,17,18,20). The number of carbonyl (C=O) groups is 2. The molecule has 0 saturated heterocycles. The van der Waals surface area contributed by atoms with Crippen molar-refractivity contribution >= 4 is 17.6 Å². The van der Waals surface area contributed by atoms with Crippen LogP contribution in [0.3, 0.4) is 0 Å². The molecule has 3 rings (SSSR count). The number of aromatic nitrogens is 1. The SMILES string of the molecule is Cc1ccnc(NC(=O)CN2Cc3ccccc3C2=O)c1. The maximum Gasteiger partial charge on any atom is 0.254 e. The van der Waals surface area contributed by atoms with E-state index >= 15 is 0 Å². The van der Waals surface area contributed by atoms with Crippen LogP contribution >= 0.6 is 0 Å². The Morgan fingerprint density at radius 3 is 2.90 bits per heavy atom. The third-order valence-electron chi connectivity index (χ3n) is 3.41. The van der Waals surface area contributed by atoms with Crippen LogP contribution in [0.25, 0.3) is 0 Å². The van der Waals surface area contributed by atoms with Gasteiger partial charge in [-0.25, -0.2) is 4.98 Å². The highest BCUT2D eigenvalue weighted by atomic mass is 16.2. The summed E-state index contributed by atoms with van der Waals surface area (Å²) in [6, 6.07) is 11.1. The Morgan fingerprint density at radius 1 is 1.33 bits per heavy atom. The molecule has 5 heteroatoms. The van der Waals surface area contributed by atoms with Crippen molar-refractivity contribution in [2.24, 2.45) is 0 Å². The van der Waals surface area contributed by atoms with Crippen molar-refractivity contribution < 1.29 is 9.59 Å². The second-order valence-corrected chi connectivity index (χ2v) is 5.08. The Labute approximate surface area is 122 Å². The first-order valence-electron chi connectivity index (χ1n) is 6.73. The predicted octanol–water partition coefficient (Wildman–Crippen LogP) is 1.98. The summed E-state index contributed by atoms with van der Waals surface area (Å²) in [5.74, 6) is 0.163. The molecule has 0 aliphatic carbocycles. The molecular formula is C16H15N3O2. The van der Waals surface area contributed by atoms with Gasteiger partial charge in [0.2, 0.25) is 5.91 Å². The van der Waals surface area contributed by atoms with Gasteiger partial charge in [0.05, 0.1) is 0 Å². The summed E-state index contributed by atoms with van der Waals surface area (Å²) in [4.78, 5) is 29.8. The van der Waals surface area contributed by atoms with E-state index in [1.807, 2.05) is 31.2 Å². The maximum absolute atomic E-state index is 12.2. The lowest BCUT2D eigenvalue weighted by atomic mass is 10.1. The first-order chi connectivity index (χ1) is 10.1. The number of hydrogen-bond acceptors (Lipinski definition) is 3. The third-order valence-corrected chi connectivity index (χ3v) is 3.41. The van der Waals surface area contributed by atoms with Gasteiger partial charge >= 0.3 is 0 Å². The smallest absolute Gasteiger partial charge is 0.254 e. The molecule has 0 saturated carbocycles. The van der Waals surface area contributed by atoms with E-state index in [4.69, 9.17) is 0 Å². The molecule has 2 heterocycles. The molecular weight excluding hydrogens is 266 g/mol. The summed E-state index contributed by atoms with van der Waals surface area (Å²) in [6.07, 6.45) is 1.64. The molecule has 1 aliphatic heterocycles. The van der Waals surface area contributed by atoms with Crippen LogP contribution in [0.4, 0.5) is 5.82 Å². The van der Waals surface area contributed by atoms with Crippen molar-refractivity contribution in [3.8, 4) is 0 Å². The molecule has 2 aromatic rings. The highest BCUT2D eigenvalue weighted by Crippen LogP contribution is 2.21. The molecule has 0 atom stereocenters. The van der Waals surface area contributed by atoms with Gasteiger partial charge < -0.3 is 10.2 Å². The summed E-state index contributed by atoms with van der Waals surface area (Å²) in [5, 5.41) is 2.71. The fourth-order valence-electron chi connectivity index (χ4n) is 2.40. The quantitative estimate of drug-likeness (QED) is 0.935. The van der Waals surface area contributed by atoms with E-state index in [0.717, 1.165) is 11.1 Å². The Bertz CT molecular complexity index is 712. The molecule has 5 nitrogen and oxygen atoms in total. The lowest BCUT2D eigenvalue weighted by Crippen LogP contribution is -2.33. The number of hydrogen-bond donors (Lipinski definition) is 1. The lowest BCUT2D eigenvalue weighted by molar-refractivity contribution is -0.116. The molecule has 1 aliphatic rings.